The molecule has 0 fully saturated rings. The van der Waals surface area contributed by atoms with Gasteiger partial charge in [0.25, 0.3) is 0 Å². The van der Waals surface area contributed by atoms with Crippen LogP contribution in [0.5, 0.6) is 5.75 Å². The average molecular weight is 359 g/mol. The molecule has 5 nitrogen and oxygen atoms in total. The van der Waals surface area contributed by atoms with E-state index in [1.54, 1.807) is 7.11 Å². The number of methoxy groups -OCH3 is 1. The van der Waals surface area contributed by atoms with E-state index in [1.165, 1.54) is 5.56 Å². The van der Waals surface area contributed by atoms with Crippen LogP contribution in [0.25, 0.3) is 10.9 Å². The van der Waals surface area contributed by atoms with E-state index in [9.17, 15) is 5.26 Å². The number of ether oxygens (including phenoxy) is 1. The maximum Gasteiger partial charge on any atom is 0.204 e. The van der Waals surface area contributed by atoms with Crippen LogP contribution in [0.4, 0.5) is 0 Å². The topological polar surface area (TPSA) is 81.0 Å². The van der Waals surface area contributed by atoms with Crippen molar-refractivity contribution in [1.82, 2.24) is 4.57 Å². The molecule has 0 aliphatic heterocycles. The van der Waals surface area contributed by atoms with Crippen molar-refractivity contribution in [3.8, 4) is 23.7 Å². The van der Waals surface area contributed by atoms with Crippen LogP contribution < -0.4 is 10.5 Å². The second-order valence-electron chi connectivity index (χ2n) is 5.72. The van der Waals surface area contributed by atoms with Gasteiger partial charge in [-0.05, 0) is 49.6 Å². The highest BCUT2D eigenvalue weighted by Crippen LogP contribution is 2.26. The van der Waals surface area contributed by atoms with E-state index in [0.717, 1.165) is 34.5 Å². The molecule has 1 amide bonds. The Morgan fingerprint density at radius 1 is 1.22 bits per heavy atom. The van der Waals surface area contributed by atoms with Crippen molar-refractivity contribution in [2.75, 3.05) is 7.11 Å². The Hall–Kier alpha value is -3.70. The molecular formula is C22H21N3O2. The quantitative estimate of drug-likeness (QED) is 0.563. The largest absolute Gasteiger partial charge is 0.497 e. The van der Waals surface area contributed by atoms with Crippen LogP contribution in [-0.4, -0.2) is 18.1 Å². The number of benzene rings is 2. The molecule has 0 saturated heterocycles. The fourth-order valence-corrected chi connectivity index (χ4v) is 2.86. The van der Waals surface area contributed by atoms with Crippen LogP contribution in [-0.2, 0) is 11.3 Å². The summed E-state index contributed by atoms with van der Waals surface area (Å²) in [6.07, 6.45) is 0.250. The molecule has 2 aromatic carbocycles. The molecule has 3 rings (SSSR count). The number of hydrogen-bond acceptors (Lipinski definition) is 3. The van der Waals surface area contributed by atoms with Gasteiger partial charge in [0.05, 0.1) is 18.2 Å². The molecule has 0 bridgehead atoms. The number of amides is 1. The number of aromatic nitrogens is 1. The van der Waals surface area contributed by atoms with Crippen molar-refractivity contribution >= 4 is 17.3 Å². The first kappa shape index (κ1) is 19.6. The number of nitrogens with two attached hydrogens (primary N) is 1. The molecule has 136 valence electrons. The summed E-state index contributed by atoms with van der Waals surface area (Å²) in [5, 5.41) is 10.6. The van der Waals surface area contributed by atoms with Crippen molar-refractivity contribution < 1.29 is 9.53 Å². The van der Waals surface area contributed by atoms with Crippen molar-refractivity contribution in [3.63, 3.8) is 0 Å². The van der Waals surface area contributed by atoms with Gasteiger partial charge in [-0.15, -0.1) is 0 Å². The Morgan fingerprint density at radius 3 is 2.59 bits per heavy atom. The number of nitrogens with zero attached hydrogens (tertiary/aromatic N) is 2. The van der Waals surface area contributed by atoms with Crippen molar-refractivity contribution in [2.45, 2.75) is 20.4 Å². The first-order chi connectivity index (χ1) is 13.1. The number of carbonyl (C=O) groups excluding carboxylic acids is 1. The third-order valence-electron chi connectivity index (χ3n) is 4.04. The molecule has 3 aromatic rings. The van der Waals surface area contributed by atoms with Crippen LogP contribution in [0.3, 0.4) is 0 Å². The Balaban J connectivity index is 0.000000817. The maximum atomic E-state index is 9.62. The molecule has 0 radical (unpaired) electrons. The van der Waals surface area contributed by atoms with Crippen LogP contribution in [0.15, 0.2) is 42.5 Å². The Morgan fingerprint density at radius 2 is 1.96 bits per heavy atom. The lowest BCUT2D eigenvalue weighted by Gasteiger charge is -2.03. The fraction of sp³-hybridized carbons (Fsp3) is 0.182. The van der Waals surface area contributed by atoms with E-state index in [0.29, 0.717) is 5.56 Å². The predicted octanol–water partition coefficient (Wildman–Crippen LogP) is 3.35. The van der Waals surface area contributed by atoms with Gasteiger partial charge in [0.15, 0.2) is 0 Å². The molecule has 0 atom stereocenters. The molecule has 27 heavy (non-hydrogen) atoms. The predicted molar refractivity (Wildman–Crippen MR) is 106 cm³/mol. The fourth-order valence-electron chi connectivity index (χ4n) is 2.86. The zero-order valence-corrected chi connectivity index (χ0v) is 15.6. The summed E-state index contributed by atoms with van der Waals surface area (Å²) in [7, 11) is 1.64. The molecule has 0 unspecified atom stereocenters. The highest BCUT2D eigenvalue weighted by atomic mass is 16.5. The standard InChI is InChI=1S/C21H18N2O.CH3NO/c1-4-23-20(11-9-16-6-5-7-17(13-16)24-3)19(14-22)18-10-8-15(2)12-21(18)23;2-1-3/h5-8,10,12-13H,4H2,1-3H3;1H,(H2,2,3). The van der Waals surface area contributed by atoms with Crippen LogP contribution in [0.2, 0.25) is 0 Å². The van der Waals surface area contributed by atoms with Gasteiger partial charge >= 0.3 is 0 Å². The van der Waals surface area contributed by atoms with E-state index >= 15 is 0 Å². The molecule has 5 heteroatoms. The summed E-state index contributed by atoms with van der Waals surface area (Å²) in [5.74, 6) is 7.13. The van der Waals surface area contributed by atoms with Crippen molar-refractivity contribution in [1.29, 1.82) is 5.26 Å². The molecule has 1 heterocycles. The summed E-state index contributed by atoms with van der Waals surface area (Å²) in [6.45, 7) is 4.89. The number of hydrogen-bond donors (Lipinski definition) is 1. The smallest absolute Gasteiger partial charge is 0.204 e. The second kappa shape index (κ2) is 9.12. The van der Waals surface area contributed by atoms with E-state index in [1.807, 2.05) is 36.4 Å². The second-order valence-corrected chi connectivity index (χ2v) is 5.72. The average Bonchev–Trinajstić information content (AvgIpc) is 2.98. The minimum atomic E-state index is 0.250. The number of nitriles is 1. The van der Waals surface area contributed by atoms with Gasteiger partial charge in [-0.2, -0.15) is 5.26 Å². The van der Waals surface area contributed by atoms with Gasteiger partial charge in [-0.3, -0.25) is 4.79 Å². The zero-order valence-electron chi connectivity index (χ0n) is 15.6. The molecule has 0 saturated carbocycles. The van der Waals surface area contributed by atoms with Gasteiger partial charge in [-0.1, -0.05) is 24.1 Å². The van der Waals surface area contributed by atoms with E-state index in [2.05, 4.69) is 48.1 Å². The summed E-state index contributed by atoms with van der Waals surface area (Å²) in [4.78, 5) is 8.58. The van der Waals surface area contributed by atoms with Crippen LogP contribution in [0, 0.1) is 30.1 Å². The highest BCUT2D eigenvalue weighted by molar-refractivity contribution is 5.90. The maximum absolute atomic E-state index is 9.62. The molecule has 0 spiro atoms. The SMILES string of the molecule is CCn1c(C#Cc2cccc(OC)c2)c(C#N)c2ccc(C)cc21.NC=O. The van der Waals surface area contributed by atoms with Gasteiger partial charge in [0.2, 0.25) is 6.41 Å². The van der Waals surface area contributed by atoms with Crippen molar-refractivity contribution in [3.05, 3.63) is 64.8 Å². The minimum Gasteiger partial charge on any atom is -0.497 e. The monoisotopic (exact) mass is 359 g/mol. The lowest BCUT2D eigenvalue weighted by Crippen LogP contribution is -1.98. The molecule has 2 N–H and O–H groups in total. The van der Waals surface area contributed by atoms with Crippen LogP contribution >= 0.6 is 0 Å². The van der Waals surface area contributed by atoms with Gasteiger partial charge < -0.3 is 15.0 Å². The number of aryl methyl sites for hydroxylation is 2. The first-order valence-electron chi connectivity index (χ1n) is 8.43. The number of fused-ring (bicyclic) bond motifs is 1. The first-order valence-corrected chi connectivity index (χ1v) is 8.43. The molecule has 0 aliphatic carbocycles. The number of rotatable bonds is 2. The summed E-state index contributed by atoms with van der Waals surface area (Å²) >= 11 is 0. The van der Waals surface area contributed by atoms with Gasteiger partial charge in [0, 0.05) is 17.5 Å². The Kier molecular flexibility index (Phi) is 6.63. The Labute approximate surface area is 159 Å². The van der Waals surface area contributed by atoms with E-state index in [-0.39, 0.29) is 6.41 Å². The van der Waals surface area contributed by atoms with E-state index < -0.39 is 0 Å². The lowest BCUT2D eigenvalue weighted by molar-refractivity contribution is -0.106. The van der Waals surface area contributed by atoms with Gasteiger partial charge in [0.1, 0.15) is 17.5 Å². The number of carbonyl (C=O) groups is 1. The van der Waals surface area contributed by atoms with E-state index in [4.69, 9.17) is 9.53 Å². The lowest BCUT2D eigenvalue weighted by atomic mass is 10.1. The van der Waals surface area contributed by atoms with Gasteiger partial charge in [-0.25, -0.2) is 0 Å². The summed E-state index contributed by atoms with van der Waals surface area (Å²) in [5.41, 5.74) is 8.67. The Bertz CT molecular complexity index is 1060. The summed E-state index contributed by atoms with van der Waals surface area (Å²) in [6, 6.07) is 16.1. The highest BCUT2D eigenvalue weighted by Gasteiger charge is 2.14. The van der Waals surface area contributed by atoms with Crippen molar-refractivity contribution in [2.24, 2.45) is 5.73 Å². The number of primary amides is 1. The molecule has 1 aromatic heterocycles. The third kappa shape index (κ3) is 4.29. The molecular weight excluding hydrogens is 338 g/mol. The zero-order chi connectivity index (χ0) is 19.8. The summed E-state index contributed by atoms with van der Waals surface area (Å²) < 4.78 is 7.34. The normalized spacial score (nSPS) is 9.41. The minimum absolute atomic E-state index is 0.250. The van der Waals surface area contributed by atoms with Crippen LogP contribution in [0.1, 0.15) is 29.3 Å². The third-order valence-corrected chi connectivity index (χ3v) is 4.04. The molecule has 0 aliphatic rings.